The van der Waals surface area contributed by atoms with Crippen LogP contribution in [0.2, 0.25) is 0 Å². The van der Waals surface area contributed by atoms with Gasteiger partial charge >= 0.3 is 0 Å². The van der Waals surface area contributed by atoms with E-state index in [1.807, 2.05) is 25.6 Å². The van der Waals surface area contributed by atoms with Crippen LogP contribution in [0, 0.1) is 13.8 Å². The second-order valence-electron chi connectivity index (χ2n) is 6.39. The Balaban J connectivity index is 1.86. The lowest BCUT2D eigenvalue weighted by molar-refractivity contribution is 0.299. The van der Waals surface area contributed by atoms with Gasteiger partial charge in [-0.05, 0) is 20.8 Å². The lowest BCUT2D eigenvalue weighted by atomic mass is 10.2. The number of guanidine groups is 1. The monoisotopic (exact) mass is 370 g/mol. The summed E-state index contributed by atoms with van der Waals surface area (Å²) in [6, 6.07) is 0. The summed E-state index contributed by atoms with van der Waals surface area (Å²) >= 11 is 0. The normalized spacial score (nSPS) is 18.3. The third kappa shape index (κ3) is 5.71. The Hall–Kier alpha value is -1.61. The van der Waals surface area contributed by atoms with Crippen LogP contribution in [0.1, 0.15) is 23.9 Å². The Morgan fingerprint density at radius 2 is 1.92 bits per heavy atom. The molecule has 0 aliphatic carbocycles. The second kappa shape index (κ2) is 8.66. The average molecular weight is 371 g/mol. The number of nitrogens with zero attached hydrogens (tertiary/aromatic N) is 4. The quantitative estimate of drug-likeness (QED) is 0.533. The van der Waals surface area contributed by atoms with Gasteiger partial charge in [-0.2, -0.15) is 5.10 Å². The predicted octanol–water partition coefficient (Wildman–Crippen LogP) is -0.178. The second-order valence-corrected chi connectivity index (χ2v) is 8.69. The van der Waals surface area contributed by atoms with Crippen LogP contribution in [-0.2, 0) is 23.4 Å². The number of aliphatic imine (C=N–C) groups is 1. The zero-order valence-electron chi connectivity index (χ0n) is 15.7. The van der Waals surface area contributed by atoms with Crippen molar-refractivity contribution in [2.24, 2.45) is 12.0 Å². The number of nitrogens with one attached hydrogen (secondary N) is 2. The van der Waals surface area contributed by atoms with Gasteiger partial charge in [-0.25, -0.2) is 13.4 Å². The van der Waals surface area contributed by atoms with Gasteiger partial charge in [0, 0.05) is 51.0 Å². The smallest absolute Gasteiger partial charge is 0.191 e. The number of rotatable bonds is 6. The predicted molar refractivity (Wildman–Crippen MR) is 101 cm³/mol. The summed E-state index contributed by atoms with van der Waals surface area (Å²) in [5.41, 5.74) is 3.29. The van der Waals surface area contributed by atoms with Crippen LogP contribution in [-0.4, -0.2) is 73.3 Å². The van der Waals surface area contributed by atoms with Gasteiger partial charge in [0.25, 0.3) is 0 Å². The van der Waals surface area contributed by atoms with Crippen molar-refractivity contribution >= 4 is 15.8 Å². The summed E-state index contributed by atoms with van der Waals surface area (Å²) < 4.78 is 24.8. The first-order valence-electron chi connectivity index (χ1n) is 8.76. The van der Waals surface area contributed by atoms with Gasteiger partial charge in [0.2, 0.25) is 0 Å². The minimum Gasteiger partial charge on any atom is -0.357 e. The Morgan fingerprint density at radius 3 is 2.48 bits per heavy atom. The molecule has 8 nitrogen and oxygen atoms in total. The summed E-state index contributed by atoms with van der Waals surface area (Å²) in [5, 5.41) is 11.0. The number of hydrogen-bond donors (Lipinski definition) is 2. The fourth-order valence-electron chi connectivity index (χ4n) is 2.85. The third-order valence-electron chi connectivity index (χ3n) is 4.56. The highest BCUT2D eigenvalue weighted by molar-refractivity contribution is 7.91. The van der Waals surface area contributed by atoms with E-state index in [-0.39, 0.29) is 11.5 Å². The molecular formula is C16H30N6O2S. The third-order valence-corrected chi connectivity index (χ3v) is 6.17. The number of aryl methyl sites for hydroxylation is 2. The SMILES string of the molecule is CCNC(=NCc1c(C)nn(C)c1C)NCCN1CCS(=O)(=O)CC1. The largest absolute Gasteiger partial charge is 0.357 e. The van der Waals surface area contributed by atoms with Gasteiger partial charge < -0.3 is 10.6 Å². The van der Waals surface area contributed by atoms with E-state index in [1.165, 1.54) is 0 Å². The number of hydrogen-bond acceptors (Lipinski definition) is 5. The molecule has 2 N–H and O–H groups in total. The molecule has 1 aromatic rings. The zero-order chi connectivity index (χ0) is 18.4. The van der Waals surface area contributed by atoms with E-state index in [4.69, 9.17) is 0 Å². The Morgan fingerprint density at radius 1 is 1.24 bits per heavy atom. The molecular weight excluding hydrogens is 340 g/mol. The molecule has 0 aromatic carbocycles. The summed E-state index contributed by atoms with van der Waals surface area (Å²) in [7, 11) is -0.875. The van der Waals surface area contributed by atoms with Gasteiger partial charge in [0.15, 0.2) is 15.8 Å². The molecule has 1 aromatic heterocycles. The van der Waals surface area contributed by atoms with E-state index in [2.05, 4.69) is 32.5 Å². The first-order chi connectivity index (χ1) is 11.8. The Bertz CT molecular complexity index is 696. The molecule has 1 aliphatic rings. The van der Waals surface area contributed by atoms with Gasteiger partial charge in [-0.3, -0.25) is 9.58 Å². The van der Waals surface area contributed by atoms with Crippen molar-refractivity contribution in [2.75, 3.05) is 44.2 Å². The lowest BCUT2D eigenvalue weighted by Crippen LogP contribution is -2.45. The van der Waals surface area contributed by atoms with E-state index in [9.17, 15) is 8.42 Å². The van der Waals surface area contributed by atoms with Crippen LogP contribution in [0.3, 0.4) is 0 Å². The Kier molecular flexibility index (Phi) is 6.83. The van der Waals surface area contributed by atoms with E-state index in [0.29, 0.717) is 19.6 Å². The molecule has 2 rings (SSSR count). The van der Waals surface area contributed by atoms with Crippen LogP contribution < -0.4 is 10.6 Å². The van der Waals surface area contributed by atoms with Crippen molar-refractivity contribution in [3.63, 3.8) is 0 Å². The molecule has 0 radical (unpaired) electrons. The number of sulfone groups is 1. The summed E-state index contributed by atoms with van der Waals surface area (Å²) in [6.07, 6.45) is 0. The maximum atomic E-state index is 11.5. The van der Waals surface area contributed by atoms with E-state index in [1.54, 1.807) is 0 Å². The summed E-state index contributed by atoms with van der Waals surface area (Å²) in [5.74, 6) is 1.30. The first-order valence-corrected chi connectivity index (χ1v) is 10.6. The maximum absolute atomic E-state index is 11.5. The van der Waals surface area contributed by atoms with Crippen LogP contribution in [0.25, 0.3) is 0 Å². The molecule has 2 heterocycles. The van der Waals surface area contributed by atoms with Gasteiger partial charge in [0.1, 0.15) is 0 Å². The zero-order valence-corrected chi connectivity index (χ0v) is 16.5. The standard InChI is InChI=1S/C16H30N6O2S/c1-5-17-16(19-12-15-13(2)20-21(4)14(15)3)18-6-7-22-8-10-25(23,24)11-9-22/h5-12H2,1-4H3,(H2,17,18,19). The molecule has 142 valence electrons. The van der Waals surface area contributed by atoms with E-state index < -0.39 is 9.84 Å². The average Bonchev–Trinajstić information content (AvgIpc) is 2.79. The minimum atomic E-state index is -2.82. The van der Waals surface area contributed by atoms with Crippen LogP contribution in [0.15, 0.2) is 4.99 Å². The molecule has 25 heavy (non-hydrogen) atoms. The topological polar surface area (TPSA) is 91.6 Å². The van der Waals surface area contributed by atoms with Crippen molar-refractivity contribution in [3.05, 3.63) is 17.0 Å². The minimum absolute atomic E-state index is 0.265. The lowest BCUT2D eigenvalue weighted by Gasteiger charge is -2.26. The summed E-state index contributed by atoms with van der Waals surface area (Å²) in [6.45, 7) is 10.2. The van der Waals surface area contributed by atoms with Crippen molar-refractivity contribution in [2.45, 2.75) is 27.3 Å². The van der Waals surface area contributed by atoms with Crippen LogP contribution >= 0.6 is 0 Å². The van der Waals surface area contributed by atoms with Crippen molar-refractivity contribution in [1.29, 1.82) is 0 Å². The molecule has 9 heteroatoms. The first kappa shape index (κ1) is 19.7. The van der Waals surface area contributed by atoms with E-state index >= 15 is 0 Å². The fraction of sp³-hybridized carbons (Fsp3) is 0.750. The Labute approximate surface area is 150 Å². The number of aromatic nitrogens is 2. The molecule has 0 spiro atoms. The van der Waals surface area contributed by atoms with Crippen LogP contribution in [0.4, 0.5) is 0 Å². The molecule has 0 unspecified atom stereocenters. The molecule has 0 atom stereocenters. The summed E-state index contributed by atoms with van der Waals surface area (Å²) in [4.78, 5) is 6.82. The van der Waals surface area contributed by atoms with Crippen LogP contribution in [0.5, 0.6) is 0 Å². The molecule has 1 fully saturated rings. The highest BCUT2D eigenvalue weighted by Crippen LogP contribution is 2.12. The molecule has 0 saturated carbocycles. The highest BCUT2D eigenvalue weighted by atomic mass is 32.2. The van der Waals surface area contributed by atoms with Gasteiger partial charge in [0.05, 0.1) is 23.7 Å². The van der Waals surface area contributed by atoms with Crippen molar-refractivity contribution < 1.29 is 8.42 Å². The maximum Gasteiger partial charge on any atom is 0.191 e. The molecule has 1 aliphatic heterocycles. The molecule has 1 saturated heterocycles. The van der Waals surface area contributed by atoms with Gasteiger partial charge in [-0.1, -0.05) is 0 Å². The van der Waals surface area contributed by atoms with Crippen molar-refractivity contribution in [1.82, 2.24) is 25.3 Å². The van der Waals surface area contributed by atoms with Crippen molar-refractivity contribution in [3.8, 4) is 0 Å². The molecule has 0 amide bonds. The van der Waals surface area contributed by atoms with Gasteiger partial charge in [-0.15, -0.1) is 0 Å². The highest BCUT2D eigenvalue weighted by Gasteiger charge is 2.20. The van der Waals surface area contributed by atoms with E-state index in [0.717, 1.165) is 42.5 Å². The molecule has 0 bridgehead atoms. The fourth-order valence-corrected chi connectivity index (χ4v) is 4.13.